The molecule has 1 aromatic heterocycles. The lowest BCUT2D eigenvalue weighted by Gasteiger charge is -2.20. The average Bonchev–Trinajstić information content (AvgIpc) is 3.12. The highest BCUT2D eigenvalue weighted by Crippen LogP contribution is 2.10. The predicted molar refractivity (Wildman–Crippen MR) is 127 cm³/mol. The summed E-state index contributed by atoms with van der Waals surface area (Å²) >= 11 is 0. The molecule has 0 unspecified atom stereocenters. The molecule has 0 spiro atoms. The predicted octanol–water partition coefficient (Wildman–Crippen LogP) is 3.42. The maximum absolute atomic E-state index is 4.34. The summed E-state index contributed by atoms with van der Waals surface area (Å²) in [6.07, 6.45) is 10.4. The molecule has 1 aromatic carbocycles. The van der Waals surface area contributed by atoms with Crippen molar-refractivity contribution in [3.8, 4) is 5.69 Å². The monoisotopic (exact) mass is 496 g/mol. The summed E-state index contributed by atoms with van der Waals surface area (Å²) in [5.41, 5.74) is 2.27. The molecule has 1 aliphatic rings. The molecule has 2 aromatic rings. The van der Waals surface area contributed by atoms with Crippen LogP contribution in [0.25, 0.3) is 5.69 Å². The third-order valence-corrected chi connectivity index (χ3v) is 5.01. The molecule has 1 aliphatic heterocycles. The first-order valence-electron chi connectivity index (χ1n) is 10.1. The Morgan fingerprint density at radius 3 is 2.64 bits per heavy atom. The van der Waals surface area contributed by atoms with Crippen LogP contribution in [0, 0.1) is 0 Å². The average molecular weight is 496 g/mol. The van der Waals surface area contributed by atoms with Crippen molar-refractivity contribution in [2.45, 2.75) is 38.6 Å². The number of nitrogens with zero attached hydrogens (tertiary/aromatic N) is 4. The maximum Gasteiger partial charge on any atom is 0.191 e. The highest BCUT2D eigenvalue weighted by atomic mass is 127. The first-order valence-corrected chi connectivity index (χ1v) is 10.1. The molecule has 1 saturated heterocycles. The third-order valence-electron chi connectivity index (χ3n) is 5.01. The Morgan fingerprint density at radius 2 is 1.93 bits per heavy atom. The number of aromatic nitrogens is 2. The summed E-state index contributed by atoms with van der Waals surface area (Å²) in [5.74, 6) is 0.857. The van der Waals surface area contributed by atoms with Crippen LogP contribution in [-0.4, -0.2) is 53.9 Å². The zero-order chi connectivity index (χ0) is 18.7. The first kappa shape index (κ1) is 22.7. The maximum atomic E-state index is 4.34. The van der Waals surface area contributed by atoms with Crippen LogP contribution in [-0.2, 0) is 6.54 Å². The van der Waals surface area contributed by atoms with Gasteiger partial charge >= 0.3 is 0 Å². The van der Waals surface area contributed by atoms with E-state index in [-0.39, 0.29) is 24.0 Å². The van der Waals surface area contributed by atoms with Gasteiger partial charge in [0.15, 0.2) is 5.96 Å². The Morgan fingerprint density at radius 1 is 1.11 bits per heavy atom. The van der Waals surface area contributed by atoms with E-state index in [4.69, 9.17) is 0 Å². The fourth-order valence-corrected chi connectivity index (χ4v) is 3.51. The summed E-state index contributed by atoms with van der Waals surface area (Å²) < 4.78 is 1.87. The van der Waals surface area contributed by atoms with Crippen molar-refractivity contribution in [1.29, 1.82) is 0 Å². The molecule has 0 aliphatic carbocycles. The summed E-state index contributed by atoms with van der Waals surface area (Å²) in [5, 5.41) is 11.1. The highest BCUT2D eigenvalue weighted by molar-refractivity contribution is 14.0. The van der Waals surface area contributed by atoms with E-state index >= 15 is 0 Å². The van der Waals surface area contributed by atoms with E-state index in [0.29, 0.717) is 0 Å². The second-order valence-corrected chi connectivity index (χ2v) is 7.08. The number of nitrogens with one attached hydrogen (secondary N) is 2. The fraction of sp³-hybridized carbons (Fsp3) is 0.524. The largest absolute Gasteiger partial charge is 0.356 e. The van der Waals surface area contributed by atoms with E-state index in [1.54, 1.807) is 6.20 Å². The fourth-order valence-electron chi connectivity index (χ4n) is 3.51. The second kappa shape index (κ2) is 12.8. The quantitative estimate of drug-likeness (QED) is 0.267. The van der Waals surface area contributed by atoms with E-state index in [2.05, 4.69) is 49.9 Å². The van der Waals surface area contributed by atoms with Crippen LogP contribution in [0.1, 0.15) is 37.7 Å². The van der Waals surface area contributed by atoms with Gasteiger partial charge in [0.05, 0.1) is 5.69 Å². The molecular formula is C21H33IN6. The van der Waals surface area contributed by atoms with Crippen molar-refractivity contribution < 1.29 is 0 Å². The van der Waals surface area contributed by atoms with Gasteiger partial charge < -0.3 is 15.5 Å². The van der Waals surface area contributed by atoms with Gasteiger partial charge in [-0.15, -0.1) is 24.0 Å². The van der Waals surface area contributed by atoms with Gasteiger partial charge in [-0.2, -0.15) is 5.10 Å². The Labute approximate surface area is 185 Å². The van der Waals surface area contributed by atoms with E-state index < -0.39 is 0 Å². The third kappa shape index (κ3) is 7.43. The topological polar surface area (TPSA) is 57.5 Å². The molecule has 6 nitrogen and oxygen atoms in total. The molecule has 3 rings (SSSR count). The van der Waals surface area contributed by atoms with Gasteiger partial charge in [0.2, 0.25) is 0 Å². The van der Waals surface area contributed by atoms with Crippen molar-refractivity contribution in [2.75, 3.05) is 33.2 Å². The van der Waals surface area contributed by atoms with E-state index in [1.165, 1.54) is 50.9 Å². The normalized spacial score (nSPS) is 15.5. The molecule has 2 N–H and O–H groups in total. The Kier molecular flexibility index (Phi) is 10.3. The van der Waals surface area contributed by atoms with Gasteiger partial charge in [-0.25, -0.2) is 4.68 Å². The van der Waals surface area contributed by atoms with Gasteiger partial charge in [0, 0.05) is 32.5 Å². The summed E-state index contributed by atoms with van der Waals surface area (Å²) in [6, 6.07) is 10.3. The van der Waals surface area contributed by atoms with Crippen LogP contribution in [0.5, 0.6) is 0 Å². The number of hydrogen-bond donors (Lipinski definition) is 2. The zero-order valence-electron chi connectivity index (χ0n) is 16.8. The minimum atomic E-state index is 0. The smallest absolute Gasteiger partial charge is 0.191 e. The number of rotatable bonds is 7. The number of halogens is 1. The minimum Gasteiger partial charge on any atom is -0.356 e. The lowest BCUT2D eigenvalue weighted by Crippen LogP contribution is -2.38. The second-order valence-electron chi connectivity index (χ2n) is 7.08. The first-order chi connectivity index (χ1) is 13.3. The van der Waals surface area contributed by atoms with Crippen LogP contribution >= 0.6 is 24.0 Å². The van der Waals surface area contributed by atoms with Gasteiger partial charge in [0.25, 0.3) is 0 Å². The molecule has 0 atom stereocenters. The summed E-state index contributed by atoms with van der Waals surface area (Å²) in [7, 11) is 1.82. The summed E-state index contributed by atoms with van der Waals surface area (Å²) in [4.78, 5) is 6.94. The van der Waals surface area contributed by atoms with Gasteiger partial charge in [-0.1, -0.05) is 25.0 Å². The number of aliphatic imine (C=N–C) groups is 1. The molecule has 0 radical (unpaired) electrons. The number of hydrogen-bond acceptors (Lipinski definition) is 3. The molecule has 154 valence electrons. The minimum absolute atomic E-state index is 0. The van der Waals surface area contributed by atoms with E-state index in [0.717, 1.165) is 31.2 Å². The van der Waals surface area contributed by atoms with Crippen molar-refractivity contribution in [3.05, 3.63) is 48.3 Å². The zero-order valence-corrected chi connectivity index (χ0v) is 19.1. The van der Waals surface area contributed by atoms with Crippen LogP contribution in [0.2, 0.25) is 0 Å². The molecular weight excluding hydrogens is 463 g/mol. The lowest BCUT2D eigenvalue weighted by atomic mass is 10.2. The lowest BCUT2D eigenvalue weighted by molar-refractivity contribution is 0.282. The van der Waals surface area contributed by atoms with E-state index in [9.17, 15) is 0 Å². The molecule has 0 bridgehead atoms. The molecule has 28 heavy (non-hydrogen) atoms. The van der Waals surface area contributed by atoms with Gasteiger partial charge in [-0.05, 0) is 62.7 Å². The van der Waals surface area contributed by atoms with E-state index in [1.807, 2.05) is 24.0 Å². The highest BCUT2D eigenvalue weighted by Gasteiger charge is 2.08. The number of benzene rings is 1. The molecule has 0 amide bonds. The molecule has 7 heteroatoms. The summed E-state index contributed by atoms with van der Waals surface area (Å²) in [6.45, 7) is 5.39. The molecule has 0 saturated carbocycles. The van der Waals surface area contributed by atoms with Crippen LogP contribution in [0.15, 0.2) is 47.7 Å². The van der Waals surface area contributed by atoms with Crippen LogP contribution in [0.3, 0.4) is 0 Å². The van der Waals surface area contributed by atoms with Crippen molar-refractivity contribution in [1.82, 2.24) is 25.3 Å². The molecule has 2 heterocycles. The van der Waals surface area contributed by atoms with Gasteiger partial charge in [-0.3, -0.25) is 4.99 Å². The standard InChI is InChI=1S/C21H32N6.HI/c1-22-21(23-11-7-15-26-13-4-2-3-5-14-26)24-18-19-9-6-10-20(17-19)27-16-8-12-25-27;/h6,8-10,12,16-17H,2-5,7,11,13-15,18H2,1H3,(H2,22,23,24);1H. The Bertz CT molecular complexity index is 693. The van der Waals surface area contributed by atoms with Crippen molar-refractivity contribution in [3.63, 3.8) is 0 Å². The SMILES string of the molecule is CN=C(NCCCN1CCCCCC1)NCc1cccc(-n2cccn2)c1.I. The van der Waals surface area contributed by atoms with Crippen molar-refractivity contribution >= 4 is 29.9 Å². The Balaban J connectivity index is 0.00000280. The number of likely N-dealkylation sites (tertiary alicyclic amines) is 1. The molecule has 1 fully saturated rings. The van der Waals surface area contributed by atoms with Crippen LogP contribution in [0.4, 0.5) is 0 Å². The Hall–Kier alpha value is -1.61. The van der Waals surface area contributed by atoms with Crippen molar-refractivity contribution in [2.24, 2.45) is 4.99 Å². The number of guanidine groups is 1. The van der Waals surface area contributed by atoms with Crippen LogP contribution < -0.4 is 10.6 Å². The van der Waals surface area contributed by atoms with Gasteiger partial charge in [0.1, 0.15) is 0 Å².